The van der Waals surface area contributed by atoms with Gasteiger partial charge in [0.25, 0.3) is 0 Å². The van der Waals surface area contributed by atoms with Crippen LogP contribution in [0.1, 0.15) is 36.5 Å². The summed E-state index contributed by atoms with van der Waals surface area (Å²) in [5.41, 5.74) is 2.71. The zero-order valence-corrected chi connectivity index (χ0v) is 15.5. The molecule has 5 heteroatoms. The maximum absolute atomic E-state index is 11.2. The van der Waals surface area contributed by atoms with Gasteiger partial charge in [-0.1, -0.05) is 6.42 Å². The molecule has 1 fully saturated rings. The van der Waals surface area contributed by atoms with Crippen molar-refractivity contribution in [2.24, 2.45) is 11.8 Å². The van der Waals surface area contributed by atoms with E-state index in [2.05, 4.69) is 4.98 Å². The van der Waals surface area contributed by atoms with Gasteiger partial charge in [-0.2, -0.15) is 0 Å². The number of nitrogens with zero attached hydrogens (tertiary/aromatic N) is 1. The van der Waals surface area contributed by atoms with Crippen LogP contribution in [0, 0.1) is 11.8 Å². The average molecular weight is 365 g/mol. The van der Waals surface area contributed by atoms with Crippen LogP contribution in [0.3, 0.4) is 0 Å². The molecule has 3 aromatic rings. The fourth-order valence-electron chi connectivity index (χ4n) is 5.29. The Morgan fingerprint density at radius 1 is 1.07 bits per heavy atom. The fraction of sp³-hybridized carbons (Fsp3) is 0.409. The molecule has 1 aromatic heterocycles. The molecule has 3 atom stereocenters. The van der Waals surface area contributed by atoms with Gasteiger partial charge in [-0.3, -0.25) is 4.98 Å². The average Bonchev–Trinajstić information content (AvgIpc) is 3.16. The molecule has 1 saturated carbocycles. The Morgan fingerprint density at radius 3 is 2.56 bits per heavy atom. The molecule has 0 radical (unpaired) electrons. The first kappa shape index (κ1) is 16.6. The van der Waals surface area contributed by atoms with Gasteiger partial charge in [0.1, 0.15) is 5.75 Å². The number of aromatic nitrogens is 1. The predicted molar refractivity (Wildman–Crippen MR) is 104 cm³/mol. The fourth-order valence-corrected chi connectivity index (χ4v) is 5.29. The normalized spacial score (nSPS) is 24.0. The number of rotatable bonds is 2. The quantitative estimate of drug-likeness (QED) is 0.669. The van der Waals surface area contributed by atoms with Gasteiger partial charge in [0, 0.05) is 11.8 Å². The van der Waals surface area contributed by atoms with Crippen LogP contribution in [0.5, 0.6) is 17.2 Å². The van der Waals surface area contributed by atoms with Gasteiger partial charge >= 0.3 is 0 Å². The molecule has 0 aliphatic heterocycles. The van der Waals surface area contributed by atoms with Crippen molar-refractivity contribution in [2.75, 3.05) is 14.2 Å². The molecule has 0 spiro atoms. The molecule has 27 heavy (non-hydrogen) atoms. The number of pyridine rings is 1. The Balaban J connectivity index is 1.95. The first-order valence-corrected chi connectivity index (χ1v) is 9.50. The lowest BCUT2D eigenvalue weighted by atomic mass is 9.73. The third-order valence-electron chi connectivity index (χ3n) is 6.51. The Hall–Kier alpha value is -2.53. The molecule has 2 aliphatic rings. The second-order valence-electron chi connectivity index (χ2n) is 7.70. The van der Waals surface area contributed by atoms with E-state index in [4.69, 9.17) is 9.47 Å². The first-order valence-electron chi connectivity index (χ1n) is 9.50. The highest BCUT2D eigenvalue weighted by atomic mass is 16.5. The molecule has 0 saturated heterocycles. The van der Waals surface area contributed by atoms with E-state index >= 15 is 0 Å². The zero-order valence-electron chi connectivity index (χ0n) is 15.5. The summed E-state index contributed by atoms with van der Waals surface area (Å²) >= 11 is 0. The second kappa shape index (κ2) is 5.99. The van der Waals surface area contributed by atoms with Crippen molar-refractivity contribution in [1.29, 1.82) is 0 Å². The molecule has 2 aliphatic carbocycles. The molecule has 0 bridgehead atoms. The van der Waals surface area contributed by atoms with Gasteiger partial charge in [-0.05, 0) is 65.6 Å². The van der Waals surface area contributed by atoms with Crippen molar-refractivity contribution in [2.45, 2.75) is 31.8 Å². The van der Waals surface area contributed by atoms with E-state index in [1.807, 2.05) is 12.1 Å². The third kappa shape index (κ3) is 2.24. The molecule has 5 rings (SSSR count). The lowest BCUT2D eigenvalue weighted by Crippen LogP contribution is -2.26. The molecule has 140 valence electrons. The van der Waals surface area contributed by atoms with Gasteiger partial charge in [0.05, 0.1) is 31.2 Å². The van der Waals surface area contributed by atoms with E-state index in [0.29, 0.717) is 28.3 Å². The van der Waals surface area contributed by atoms with E-state index in [9.17, 15) is 10.2 Å². The van der Waals surface area contributed by atoms with Gasteiger partial charge < -0.3 is 19.7 Å². The van der Waals surface area contributed by atoms with E-state index in [-0.39, 0.29) is 11.7 Å². The molecule has 0 amide bonds. The van der Waals surface area contributed by atoms with Gasteiger partial charge in [-0.15, -0.1) is 0 Å². The number of aliphatic hydroxyl groups excluding tert-OH is 1. The number of aliphatic hydroxyl groups is 1. The zero-order chi connectivity index (χ0) is 18.7. The largest absolute Gasteiger partial charge is 0.507 e. The van der Waals surface area contributed by atoms with Crippen LogP contribution in [0.4, 0.5) is 0 Å². The van der Waals surface area contributed by atoms with Crippen molar-refractivity contribution < 1.29 is 19.7 Å². The van der Waals surface area contributed by atoms with Crippen LogP contribution < -0.4 is 9.47 Å². The van der Waals surface area contributed by atoms with Gasteiger partial charge in [-0.25, -0.2) is 0 Å². The molecule has 1 unspecified atom stereocenters. The van der Waals surface area contributed by atoms with Crippen molar-refractivity contribution in [1.82, 2.24) is 4.98 Å². The summed E-state index contributed by atoms with van der Waals surface area (Å²) in [4.78, 5) is 4.58. The topological polar surface area (TPSA) is 71.8 Å². The van der Waals surface area contributed by atoms with E-state index in [0.717, 1.165) is 47.6 Å². The molecular formula is C22H23NO4. The monoisotopic (exact) mass is 365 g/mol. The number of aromatic hydroxyl groups is 1. The Labute approximate surface area is 157 Å². The molecule has 2 aromatic carbocycles. The van der Waals surface area contributed by atoms with Crippen molar-refractivity contribution >= 4 is 21.7 Å². The van der Waals surface area contributed by atoms with E-state index < -0.39 is 6.10 Å². The number of benzene rings is 2. The van der Waals surface area contributed by atoms with Crippen molar-refractivity contribution in [3.05, 3.63) is 35.5 Å². The minimum atomic E-state index is -0.546. The lowest BCUT2D eigenvalue weighted by Gasteiger charge is -2.34. The maximum atomic E-state index is 11.2. The lowest BCUT2D eigenvalue weighted by molar-refractivity contribution is 0.0758. The molecule has 2 N–H and O–H groups in total. The molecule has 1 heterocycles. The number of ether oxygens (including phenoxy) is 2. The number of fused-ring (bicyclic) bond motifs is 7. The van der Waals surface area contributed by atoms with Crippen LogP contribution in [0.25, 0.3) is 21.7 Å². The summed E-state index contributed by atoms with van der Waals surface area (Å²) in [7, 11) is 3.23. The summed E-state index contributed by atoms with van der Waals surface area (Å²) in [5.74, 6) is 2.21. The Kier molecular flexibility index (Phi) is 3.69. The minimum Gasteiger partial charge on any atom is -0.507 e. The predicted octanol–water partition coefficient (Wildman–Crippen LogP) is 4.12. The van der Waals surface area contributed by atoms with Crippen LogP contribution in [0.15, 0.2) is 24.4 Å². The minimum absolute atomic E-state index is 0.167. The standard InChI is InChI=1S/C22H23NO4/c1-26-17-9-13-14-8-11-4-3-5-12(11)22(25)20(14)21-19(16(24)6-7-23-21)15(13)10-18(17)27-2/h6-7,9-12,22,25H,3-5,8H2,1-2H3,(H,23,24)/t11?,12-,22-/m0/s1. The van der Waals surface area contributed by atoms with Crippen molar-refractivity contribution in [3.63, 3.8) is 0 Å². The maximum Gasteiger partial charge on any atom is 0.161 e. The summed E-state index contributed by atoms with van der Waals surface area (Å²) in [6.45, 7) is 0. The van der Waals surface area contributed by atoms with Crippen LogP contribution in [-0.2, 0) is 6.42 Å². The van der Waals surface area contributed by atoms with Crippen LogP contribution >= 0.6 is 0 Å². The van der Waals surface area contributed by atoms with Gasteiger partial charge in [0.2, 0.25) is 0 Å². The van der Waals surface area contributed by atoms with E-state index in [1.165, 1.54) is 0 Å². The Morgan fingerprint density at radius 2 is 1.81 bits per heavy atom. The van der Waals surface area contributed by atoms with E-state index in [1.54, 1.807) is 26.5 Å². The smallest absolute Gasteiger partial charge is 0.161 e. The summed E-state index contributed by atoms with van der Waals surface area (Å²) in [6, 6.07) is 5.48. The van der Waals surface area contributed by atoms with Gasteiger partial charge in [0.15, 0.2) is 11.5 Å². The highest BCUT2D eigenvalue weighted by molar-refractivity contribution is 6.13. The summed E-state index contributed by atoms with van der Waals surface area (Å²) in [6.07, 6.45) is 5.35. The molecule has 5 nitrogen and oxygen atoms in total. The molecular weight excluding hydrogens is 342 g/mol. The highest BCUT2D eigenvalue weighted by Gasteiger charge is 2.41. The van der Waals surface area contributed by atoms with Crippen molar-refractivity contribution in [3.8, 4) is 17.2 Å². The highest BCUT2D eigenvalue weighted by Crippen LogP contribution is 2.52. The SMILES string of the molecule is COc1cc2c3c(c4nccc(O)c4c2cc1OC)[C@@H](O)[C@H]1CCCC1C3. The van der Waals surface area contributed by atoms with Crippen LogP contribution in [-0.4, -0.2) is 29.4 Å². The third-order valence-corrected chi connectivity index (χ3v) is 6.51. The second-order valence-corrected chi connectivity index (χ2v) is 7.70. The number of hydrogen-bond donors (Lipinski definition) is 2. The number of methoxy groups -OCH3 is 2. The number of hydrogen-bond acceptors (Lipinski definition) is 5. The first-order chi connectivity index (χ1) is 13.1. The van der Waals surface area contributed by atoms with Crippen LogP contribution in [0.2, 0.25) is 0 Å². The summed E-state index contributed by atoms with van der Waals surface area (Å²) < 4.78 is 11.0. The summed E-state index contributed by atoms with van der Waals surface area (Å²) in [5, 5.41) is 24.4. The Bertz CT molecular complexity index is 1060.